The summed E-state index contributed by atoms with van der Waals surface area (Å²) in [5, 5.41) is 7.92. The Morgan fingerprint density at radius 2 is 2.06 bits per heavy atom. The van der Waals surface area contributed by atoms with Crippen molar-refractivity contribution >= 4 is 22.2 Å². The van der Waals surface area contributed by atoms with Crippen LogP contribution in [0, 0.1) is 0 Å². The average molecular weight is 294 g/mol. The number of rotatable bonds is 3. The molecule has 0 unspecified atom stereocenters. The normalized spacial score (nSPS) is 10.8. The lowest BCUT2D eigenvalue weighted by Crippen LogP contribution is -2.05. The number of aldehydes is 1. The lowest BCUT2D eigenvalue weighted by molar-refractivity contribution is 0.111. The van der Waals surface area contributed by atoms with Gasteiger partial charge in [-0.1, -0.05) is 39.3 Å². The standard InChI is InChI=1S/C12H12BrN3O/c1-8(2)16-12(11(7-17)14-15-16)9-5-3-4-6-10(9)13/h3-8H,1-2H3. The summed E-state index contributed by atoms with van der Waals surface area (Å²) in [6, 6.07) is 7.87. The zero-order chi connectivity index (χ0) is 12.4. The van der Waals surface area contributed by atoms with Gasteiger partial charge in [0.15, 0.2) is 12.0 Å². The summed E-state index contributed by atoms with van der Waals surface area (Å²) in [7, 11) is 0. The van der Waals surface area contributed by atoms with Crippen LogP contribution in [0.4, 0.5) is 0 Å². The molecule has 0 saturated heterocycles. The summed E-state index contributed by atoms with van der Waals surface area (Å²) in [5.74, 6) is 0. The third-order valence-corrected chi connectivity index (χ3v) is 3.14. The summed E-state index contributed by atoms with van der Waals surface area (Å²) in [6.45, 7) is 4.01. The van der Waals surface area contributed by atoms with Crippen LogP contribution in [0.15, 0.2) is 28.7 Å². The molecule has 0 aliphatic rings. The van der Waals surface area contributed by atoms with Gasteiger partial charge in [0.05, 0.1) is 0 Å². The number of nitrogens with zero attached hydrogens (tertiary/aromatic N) is 3. The molecule has 1 aromatic carbocycles. The Bertz CT molecular complexity index is 548. The Kier molecular flexibility index (Phi) is 3.38. The van der Waals surface area contributed by atoms with Crippen LogP contribution in [0.1, 0.15) is 30.4 Å². The van der Waals surface area contributed by atoms with Crippen molar-refractivity contribution in [2.24, 2.45) is 0 Å². The van der Waals surface area contributed by atoms with E-state index in [1.807, 2.05) is 38.1 Å². The monoisotopic (exact) mass is 293 g/mol. The minimum atomic E-state index is 0.151. The average Bonchev–Trinajstić information content (AvgIpc) is 2.73. The third kappa shape index (κ3) is 2.15. The van der Waals surface area contributed by atoms with Crippen molar-refractivity contribution in [3.8, 4) is 11.3 Å². The quantitative estimate of drug-likeness (QED) is 0.817. The molecule has 0 aliphatic heterocycles. The number of aromatic nitrogens is 3. The highest BCUT2D eigenvalue weighted by Crippen LogP contribution is 2.30. The van der Waals surface area contributed by atoms with E-state index in [4.69, 9.17) is 0 Å². The lowest BCUT2D eigenvalue weighted by Gasteiger charge is -2.11. The highest BCUT2D eigenvalue weighted by molar-refractivity contribution is 9.10. The molecule has 0 radical (unpaired) electrons. The first kappa shape index (κ1) is 12.0. The molecule has 0 aliphatic carbocycles. The molecule has 0 bridgehead atoms. The highest BCUT2D eigenvalue weighted by Gasteiger charge is 2.17. The number of hydrogen-bond donors (Lipinski definition) is 0. The van der Waals surface area contributed by atoms with Crippen molar-refractivity contribution in [2.75, 3.05) is 0 Å². The van der Waals surface area contributed by atoms with Gasteiger partial charge in [-0.15, -0.1) is 5.10 Å². The summed E-state index contributed by atoms with van der Waals surface area (Å²) < 4.78 is 2.68. The molecule has 17 heavy (non-hydrogen) atoms. The molecule has 0 atom stereocenters. The fraction of sp³-hybridized carbons (Fsp3) is 0.250. The van der Waals surface area contributed by atoms with E-state index < -0.39 is 0 Å². The summed E-state index contributed by atoms with van der Waals surface area (Å²) >= 11 is 3.48. The van der Waals surface area contributed by atoms with Crippen molar-refractivity contribution in [2.45, 2.75) is 19.9 Å². The second-order valence-corrected chi connectivity index (χ2v) is 4.81. The summed E-state index contributed by atoms with van der Waals surface area (Å²) in [4.78, 5) is 11.0. The van der Waals surface area contributed by atoms with Gasteiger partial charge in [0.25, 0.3) is 0 Å². The fourth-order valence-corrected chi connectivity index (χ4v) is 2.13. The number of carbonyl (C=O) groups is 1. The smallest absolute Gasteiger partial charge is 0.172 e. The topological polar surface area (TPSA) is 47.8 Å². The molecule has 4 nitrogen and oxygen atoms in total. The number of carbonyl (C=O) groups excluding carboxylic acids is 1. The minimum Gasteiger partial charge on any atom is -0.296 e. The minimum absolute atomic E-state index is 0.151. The molecule has 2 aromatic rings. The van der Waals surface area contributed by atoms with Crippen LogP contribution >= 0.6 is 15.9 Å². The van der Waals surface area contributed by atoms with Crippen LogP contribution in [-0.2, 0) is 0 Å². The number of benzene rings is 1. The zero-order valence-electron chi connectivity index (χ0n) is 9.59. The predicted octanol–water partition coefficient (Wildman–Crippen LogP) is 3.10. The summed E-state index contributed by atoms with van der Waals surface area (Å²) in [6.07, 6.45) is 0.737. The largest absolute Gasteiger partial charge is 0.296 e. The molecule has 0 spiro atoms. The van der Waals surface area contributed by atoms with Crippen molar-refractivity contribution in [3.05, 3.63) is 34.4 Å². The van der Waals surface area contributed by atoms with E-state index in [1.165, 1.54) is 0 Å². The van der Waals surface area contributed by atoms with E-state index in [2.05, 4.69) is 26.2 Å². The Morgan fingerprint density at radius 3 is 2.65 bits per heavy atom. The third-order valence-electron chi connectivity index (χ3n) is 2.45. The summed E-state index contributed by atoms with van der Waals surface area (Å²) in [5.41, 5.74) is 2.04. The van der Waals surface area contributed by atoms with Gasteiger partial charge in [-0.25, -0.2) is 4.68 Å². The first-order valence-electron chi connectivity index (χ1n) is 5.30. The molecule has 0 saturated carbocycles. The molecule has 0 fully saturated rings. The van der Waals surface area contributed by atoms with E-state index in [0.717, 1.165) is 22.0 Å². The maximum atomic E-state index is 11.0. The molecular weight excluding hydrogens is 282 g/mol. The van der Waals surface area contributed by atoms with Gasteiger partial charge in [-0.3, -0.25) is 4.79 Å². The SMILES string of the molecule is CC(C)n1nnc(C=O)c1-c1ccccc1Br. The Morgan fingerprint density at radius 1 is 1.35 bits per heavy atom. The molecule has 5 heteroatoms. The molecular formula is C12H12BrN3O. The highest BCUT2D eigenvalue weighted by atomic mass is 79.9. The molecule has 0 N–H and O–H groups in total. The van der Waals surface area contributed by atoms with Gasteiger partial charge in [-0.05, 0) is 19.9 Å². The van der Waals surface area contributed by atoms with Gasteiger partial charge in [-0.2, -0.15) is 0 Å². The van der Waals surface area contributed by atoms with Crippen LogP contribution in [0.3, 0.4) is 0 Å². The zero-order valence-corrected chi connectivity index (χ0v) is 11.2. The van der Waals surface area contributed by atoms with E-state index in [1.54, 1.807) is 4.68 Å². The Labute approximate surface area is 108 Å². The van der Waals surface area contributed by atoms with Gasteiger partial charge >= 0.3 is 0 Å². The Balaban J connectivity index is 2.69. The lowest BCUT2D eigenvalue weighted by atomic mass is 10.1. The second-order valence-electron chi connectivity index (χ2n) is 3.96. The molecule has 88 valence electrons. The van der Waals surface area contributed by atoms with Crippen LogP contribution in [0.25, 0.3) is 11.3 Å². The second kappa shape index (κ2) is 4.79. The van der Waals surface area contributed by atoms with Crippen molar-refractivity contribution < 1.29 is 4.79 Å². The molecule has 1 aromatic heterocycles. The van der Waals surface area contributed by atoms with Crippen LogP contribution in [-0.4, -0.2) is 21.3 Å². The van der Waals surface area contributed by atoms with Crippen molar-refractivity contribution in [3.63, 3.8) is 0 Å². The van der Waals surface area contributed by atoms with Crippen molar-refractivity contribution in [1.82, 2.24) is 15.0 Å². The van der Waals surface area contributed by atoms with Crippen LogP contribution in [0.5, 0.6) is 0 Å². The van der Waals surface area contributed by atoms with E-state index in [9.17, 15) is 4.79 Å². The first-order chi connectivity index (χ1) is 8.15. The Hall–Kier alpha value is -1.49. The van der Waals surface area contributed by atoms with E-state index >= 15 is 0 Å². The maximum absolute atomic E-state index is 11.0. The fourth-order valence-electron chi connectivity index (χ4n) is 1.66. The number of halogens is 1. The van der Waals surface area contributed by atoms with Crippen LogP contribution in [0.2, 0.25) is 0 Å². The molecule has 1 heterocycles. The van der Waals surface area contributed by atoms with Gasteiger partial charge in [0.1, 0.15) is 5.69 Å². The van der Waals surface area contributed by atoms with Crippen molar-refractivity contribution in [1.29, 1.82) is 0 Å². The first-order valence-corrected chi connectivity index (χ1v) is 6.09. The maximum Gasteiger partial charge on any atom is 0.172 e. The molecule has 0 amide bonds. The number of hydrogen-bond acceptors (Lipinski definition) is 3. The van der Waals surface area contributed by atoms with Crippen LogP contribution < -0.4 is 0 Å². The molecule has 2 rings (SSSR count). The predicted molar refractivity (Wildman–Crippen MR) is 68.9 cm³/mol. The van der Waals surface area contributed by atoms with Gasteiger partial charge < -0.3 is 0 Å². The van der Waals surface area contributed by atoms with Gasteiger partial charge in [0, 0.05) is 16.1 Å². The van der Waals surface area contributed by atoms with Gasteiger partial charge in [0.2, 0.25) is 0 Å². The van der Waals surface area contributed by atoms with E-state index in [0.29, 0.717) is 5.69 Å². The van der Waals surface area contributed by atoms with E-state index in [-0.39, 0.29) is 6.04 Å².